The Bertz CT molecular complexity index is 2200. The monoisotopic (exact) mass is 548 g/mol. The van der Waals surface area contributed by atoms with Crippen LogP contribution in [0.3, 0.4) is 0 Å². The molecule has 0 amide bonds. The number of fused-ring (bicyclic) bond motifs is 9. The molecule has 6 aromatic rings. The second-order valence-corrected chi connectivity index (χ2v) is 12.8. The summed E-state index contributed by atoms with van der Waals surface area (Å²) in [5.74, 6) is 0.266. The molecular formula is C36H24N2O2S. The van der Waals surface area contributed by atoms with E-state index in [1.165, 1.54) is 22.0 Å². The number of allylic oxidation sites excluding steroid dienone is 2. The van der Waals surface area contributed by atoms with E-state index in [0.717, 1.165) is 33.5 Å². The Morgan fingerprint density at radius 1 is 0.585 bits per heavy atom. The molecule has 0 spiro atoms. The minimum atomic E-state index is -3.61. The summed E-state index contributed by atoms with van der Waals surface area (Å²) in [6, 6.07) is 37.0. The summed E-state index contributed by atoms with van der Waals surface area (Å²) in [7, 11) is -3.61. The van der Waals surface area contributed by atoms with E-state index in [1.807, 2.05) is 30.3 Å². The highest BCUT2D eigenvalue weighted by Gasteiger charge is 2.39. The Hall–Kier alpha value is -4.87. The minimum absolute atomic E-state index is 0.150. The lowest BCUT2D eigenvalue weighted by atomic mass is 9.91. The second kappa shape index (κ2) is 8.09. The van der Waals surface area contributed by atoms with E-state index < -0.39 is 9.84 Å². The van der Waals surface area contributed by atoms with Crippen molar-refractivity contribution in [1.29, 1.82) is 0 Å². The van der Waals surface area contributed by atoms with Gasteiger partial charge in [0.25, 0.3) is 0 Å². The Kier molecular flexibility index (Phi) is 4.52. The maximum atomic E-state index is 13.7. The van der Waals surface area contributed by atoms with Gasteiger partial charge in [-0.25, -0.2) is 8.42 Å². The van der Waals surface area contributed by atoms with Crippen LogP contribution in [0.1, 0.15) is 11.5 Å². The molecule has 2 atom stereocenters. The van der Waals surface area contributed by atoms with E-state index in [4.69, 9.17) is 0 Å². The average Bonchev–Trinajstić information content (AvgIpc) is 3.61. The topological polar surface area (TPSA) is 42.3 Å². The normalized spacial score (nSPS) is 19.4. The molecule has 4 nitrogen and oxygen atoms in total. The molecule has 0 saturated carbocycles. The van der Waals surface area contributed by atoms with Crippen molar-refractivity contribution in [2.24, 2.45) is 0 Å². The van der Waals surface area contributed by atoms with Crippen molar-refractivity contribution in [3.8, 4) is 16.8 Å². The van der Waals surface area contributed by atoms with Gasteiger partial charge in [0, 0.05) is 44.9 Å². The van der Waals surface area contributed by atoms with E-state index in [2.05, 4.69) is 101 Å². The first-order chi connectivity index (χ1) is 20.1. The molecule has 196 valence electrons. The van der Waals surface area contributed by atoms with Gasteiger partial charge < -0.3 is 9.47 Å². The minimum Gasteiger partial charge on any atom is -0.333 e. The number of benzene rings is 5. The predicted molar refractivity (Wildman–Crippen MR) is 165 cm³/mol. The summed E-state index contributed by atoms with van der Waals surface area (Å²) in [4.78, 5) is 3.09. The Labute approximate surface area is 238 Å². The van der Waals surface area contributed by atoms with Gasteiger partial charge in [-0.1, -0.05) is 78.9 Å². The molecule has 41 heavy (non-hydrogen) atoms. The first-order valence-electron chi connectivity index (χ1n) is 13.9. The molecule has 5 heteroatoms. The number of rotatable bonds is 2. The largest absolute Gasteiger partial charge is 0.333 e. The number of sulfone groups is 1. The fraction of sp³-hybridized carbons (Fsp3) is 0.0556. The Morgan fingerprint density at radius 3 is 1.90 bits per heavy atom. The van der Waals surface area contributed by atoms with Crippen molar-refractivity contribution in [3.05, 3.63) is 139 Å². The molecule has 0 N–H and O–H groups in total. The van der Waals surface area contributed by atoms with Gasteiger partial charge in [-0.15, -0.1) is 0 Å². The predicted octanol–water partition coefficient (Wildman–Crippen LogP) is 8.33. The van der Waals surface area contributed by atoms with Crippen LogP contribution in [0.25, 0.3) is 38.6 Å². The SMILES string of the molecule is O=S1(=O)c2ccc(N3c4ccccc4C4C=CC=CC43)cc2-c2cc(-n3c4ccccc4c4ccccc43)ccc21. The summed E-state index contributed by atoms with van der Waals surface area (Å²) in [6.45, 7) is 0. The Morgan fingerprint density at radius 2 is 1.17 bits per heavy atom. The van der Waals surface area contributed by atoms with Crippen molar-refractivity contribution in [2.75, 3.05) is 4.90 Å². The van der Waals surface area contributed by atoms with Gasteiger partial charge in [-0.2, -0.15) is 0 Å². The molecule has 0 saturated heterocycles. The van der Waals surface area contributed by atoms with E-state index in [9.17, 15) is 8.42 Å². The zero-order valence-electron chi connectivity index (χ0n) is 22.0. The van der Waals surface area contributed by atoms with Crippen LogP contribution in [0.15, 0.2) is 143 Å². The number of anilines is 2. The molecular weight excluding hydrogens is 524 g/mol. The van der Waals surface area contributed by atoms with E-state index in [-0.39, 0.29) is 12.0 Å². The number of hydrogen-bond acceptors (Lipinski definition) is 3. The van der Waals surface area contributed by atoms with Crippen LogP contribution >= 0.6 is 0 Å². The molecule has 0 bridgehead atoms. The van der Waals surface area contributed by atoms with Crippen LogP contribution in [0.4, 0.5) is 11.4 Å². The fourth-order valence-electron chi connectivity index (χ4n) is 7.12. The van der Waals surface area contributed by atoms with Crippen molar-refractivity contribution in [2.45, 2.75) is 21.8 Å². The van der Waals surface area contributed by atoms with Gasteiger partial charge in [0.1, 0.15) is 0 Å². The summed E-state index contributed by atoms with van der Waals surface area (Å²) in [5.41, 5.74) is 8.11. The summed E-state index contributed by atoms with van der Waals surface area (Å²) in [5, 5.41) is 2.35. The zero-order chi connectivity index (χ0) is 27.3. The van der Waals surface area contributed by atoms with E-state index in [1.54, 1.807) is 12.1 Å². The summed E-state index contributed by atoms with van der Waals surface area (Å²) >= 11 is 0. The summed E-state index contributed by atoms with van der Waals surface area (Å²) in [6.07, 6.45) is 8.71. The fourth-order valence-corrected chi connectivity index (χ4v) is 8.77. The number of hydrogen-bond donors (Lipinski definition) is 0. The number of aromatic nitrogens is 1. The molecule has 1 aromatic heterocycles. The van der Waals surface area contributed by atoms with Crippen molar-refractivity contribution < 1.29 is 8.42 Å². The van der Waals surface area contributed by atoms with Gasteiger partial charge in [0.05, 0.1) is 26.9 Å². The van der Waals surface area contributed by atoms with Crippen LogP contribution in [0.5, 0.6) is 0 Å². The molecule has 0 fully saturated rings. The van der Waals surface area contributed by atoms with Crippen LogP contribution in [0.2, 0.25) is 0 Å². The first-order valence-corrected chi connectivity index (χ1v) is 15.3. The lowest BCUT2D eigenvalue weighted by Crippen LogP contribution is -2.28. The number of para-hydroxylation sites is 3. The average molecular weight is 549 g/mol. The smallest absolute Gasteiger partial charge is 0.207 e. The third-order valence-electron chi connectivity index (χ3n) is 8.87. The van der Waals surface area contributed by atoms with Crippen molar-refractivity contribution in [3.63, 3.8) is 0 Å². The van der Waals surface area contributed by atoms with Gasteiger partial charge in [-0.3, -0.25) is 0 Å². The highest BCUT2D eigenvalue weighted by atomic mass is 32.2. The molecule has 3 aliphatic rings. The van der Waals surface area contributed by atoms with Gasteiger partial charge in [-0.05, 0) is 60.2 Å². The lowest BCUT2D eigenvalue weighted by Gasteiger charge is -2.29. The lowest BCUT2D eigenvalue weighted by molar-refractivity contribution is 0.598. The molecule has 1 aliphatic carbocycles. The molecule has 0 radical (unpaired) electrons. The van der Waals surface area contributed by atoms with Crippen LogP contribution in [0, 0.1) is 0 Å². The molecule has 3 heterocycles. The highest BCUT2D eigenvalue weighted by molar-refractivity contribution is 7.92. The van der Waals surface area contributed by atoms with Crippen LogP contribution < -0.4 is 4.90 Å². The molecule has 9 rings (SSSR count). The third kappa shape index (κ3) is 3.01. The van der Waals surface area contributed by atoms with E-state index in [0.29, 0.717) is 9.79 Å². The van der Waals surface area contributed by atoms with Crippen LogP contribution in [-0.4, -0.2) is 19.0 Å². The third-order valence-corrected chi connectivity index (χ3v) is 10.7. The van der Waals surface area contributed by atoms with Crippen molar-refractivity contribution >= 4 is 43.0 Å². The Balaban J connectivity index is 1.26. The molecule has 5 aromatic carbocycles. The summed E-state index contributed by atoms with van der Waals surface area (Å²) < 4.78 is 29.7. The quantitative estimate of drug-likeness (QED) is 0.218. The molecule has 2 unspecified atom stereocenters. The maximum Gasteiger partial charge on any atom is 0.207 e. The second-order valence-electron chi connectivity index (χ2n) is 10.9. The van der Waals surface area contributed by atoms with Gasteiger partial charge >= 0.3 is 0 Å². The highest BCUT2D eigenvalue weighted by Crippen LogP contribution is 2.51. The zero-order valence-corrected chi connectivity index (χ0v) is 22.8. The molecule has 2 aliphatic heterocycles. The maximum absolute atomic E-state index is 13.7. The van der Waals surface area contributed by atoms with Gasteiger partial charge in [0.2, 0.25) is 9.84 Å². The standard InChI is InChI=1S/C36H24N2O2S/c39-41(40)35-19-17-23(37-31-13-5-1-9-25(31)26-10-2-6-14-32(26)37)21-29(35)30-22-24(18-20-36(30)41)38-33-15-7-3-11-27(33)28-12-4-8-16-34(28)38/h1-22,25,31H. The van der Waals surface area contributed by atoms with E-state index >= 15 is 0 Å². The van der Waals surface area contributed by atoms with Crippen molar-refractivity contribution in [1.82, 2.24) is 4.57 Å². The van der Waals surface area contributed by atoms with Gasteiger partial charge in [0.15, 0.2) is 0 Å². The number of nitrogens with zero attached hydrogens (tertiary/aromatic N) is 2. The first kappa shape index (κ1) is 22.9. The van der Waals surface area contributed by atoms with Crippen LogP contribution in [-0.2, 0) is 9.84 Å².